The summed E-state index contributed by atoms with van der Waals surface area (Å²) in [5, 5.41) is 3.66. The summed E-state index contributed by atoms with van der Waals surface area (Å²) in [7, 11) is 4.54. The molecule has 2 aromatic heterocycles. The zero-order valence-electron chi connectivity index (χ0n) is 27.2. The number of fused-ring (bicyclic) bond motifs is 1. The number of rotatable bonds is 9. The van der Waals surface area contributed by atoms with E-state index in [0.29, 0.717) is 78.4 Å². The number of methoxy groups -OCH3 is 3. The minimum Gasteiger partial charge on any atom is -0.493 e. The Labute approximate surface area is 277 Å². The van der Waals surface area contributed by atoms with Gasteiger partial charge < -0.3 is 29.3 Å². The van der Waals surface area contributed by atoms with Crippen LogP contribution in [-0.4, -0.2) is 78.8 Å². The normalized spacial score (nSPS) is 12.9. The van der Waals surface area contributed by atoms with Crippen molar-refractivity contribution < 1.29 is 23.8 Å². The zero-order chi connectivity index (χ0) is 33.8. The van der Waals surface area contributed by atoms with Crippen LogP contribution in [0.25, 0.3) is 16.7 Å². The van der Waals surface area contributed by atoms with Gasteiger partial charge in [0.15, 0.2) is 17.1 Å². The highest BCUT2D eigenvalue weighted by Crippen LogP contribution is 2.38. The first kappa shape index (κ1) is 32.0. The van der Waals surface area contributed by atoms with Crippen LogP contribution in [0.4, 0.5) is 5.95 Å². The number of ether oxygens (including phenoxy) is 3. The molecular formula is C36H36N6O6. The predicted octanol–water partition coefficient (Wildman–Crippen LogP) is 4.01. The third-order valence-corrected chi connectivity index (χ3v) is 8.37. The molecule has 0 aliphatic carbocycles. The van der Waals surface area contributed by atoms with E-state index in [1.807, 2.05) is 42.2 Å². The number of piperazine rings is 1. The molecular weight excluding hydrogens is 612 g/mol. The molecule has 5 aromatic rings. The van der Waals surface area contributed by atoms with Crippen LogP contribution in [0.15, 0.2) is 83.7 Å². The van der Waals surface area contributed by atoms with Crippen molar-refractivity contribution in [2.75, 3.05) is 52.4 Å². The van der Waals surface area contributed by atoms with Gasteiger partial charge in [0.25, 0.3) is 17.4 Å². The van der Waals surface area contributed by atoms with Crippen LogP contribution in [-0.2, 0) is 6.54 Å². The van der Waals surface area contributed by atoms with E-state index in [1.165, 1.54) is 32.0 Å². The average molecular weight is 649 g/mol. The molecule has 1 N–H and O–H groups in total. The van der Waals surface area contributed by atoms with Gasteiger partial charge in [-0.3, -0.25) is 19.0 Å². The SMILES string of the molecule is COc1cc(C(=O)N2CCN(c3nc(C)c4ccc(=O)n(-c5ccc(C(=O)NCc6ccccc6)cc5)c4n3)CC2)cc(OC)c1OC. The minimum absolute atomic E-state index is 0.157. The molecule has 3 heterocycles. The highest BCUT2D eigenvalue weighted by molar-refractivity contribution is 5.96. The van der Waals surface area contributed by atoms with Gasteiger partial charge >= 0.3 is 0 Å². The van der Waals surface area contributed by atoms with Crippen molar-refractivity contribution in [3.63, 3.8) is 0 Å². The van der Waals surface area contributed by atoms with Crippen LogP contribution < -0.4 is 30.0 Å². The van der Waals surface area contributed by atoms with E-state index in [1.54, 1.807) is 47.4 Å². The summed E-state index contributed by atoms with van der Waals surface area (Å²) < 4.78 is 17.8. The molecule has 0 radical (unpaired) electrons. The van der Waals surface area contributed by atoms with Gasteiger partial charge in [0, 0.05) is 55.3 Å². The Morgan fingerprint density at radius 3 is 2.08 bits per heavy atom. The zero-order valence-corrected chi connectivity index (χ0v) is 27.2. The van der Waals surface area contributed by atoms with Gasteiger partial charge in [0.05, 0.1) is 32.7 Å². The molecule has 12 heteroatoms. The van der Waals surface area contributed by atoms with Crippen LogP contribution in [0.1, 0.15) is 32.0 Å². The highest BCUT2D eigenvalue weighted by atomic mass is 16.5. The van der Waals surface area contributed by atoms with E-state index in [4.69, 9.17) is 24.2 Å². The topological polar surface area (TPSA) is 128 Å². The van der Waals surface area contributed by atoms with Crippen LogP contribution in [0.5, 0.6) is 17.2 Å². The number of aromatic nitrogens is 3. The number of aryl methyl sites for hydroxylation is 1. The maximum Gasteiger partial charge on any atom is 0.256 e. The van der Waals surface area contributed by atoms with E-state index in [-0.39, 0.29) is 17.4 Å². The van der Waals surface area contributed by atoms with Crippen LogP contribution >= 0.6 is 0 Å². The average Bonchev–Trinajstić information content (AvgIpc) is 3.13. The van der Waals surface area contributed by atoms with Crippen molar-refractivity contribution in [1.29, 1.82) is 0 Å². The van der Waals surface area contributed by atoms with Crippen molar-refractivity contribution in [2.24, 2.45) is 0 Å². The Hall–Kier alpha value is -5.91. The molecule has 3 aromatic carbocycles. The quantitative estimate of drug-likeness (QED) is 0.252. The first-order valence-electron chi connectivity index (χ1n) is 15.5. The summed E-state index contributed by atoms with van der Waals surface area (Å²) in [4.78, 5) is 52.9. The Bertz CT molecular complexity index is 2000. The van der Waals surface area contributed by atoms with E-state index in [9.17, 15) is 14.4 Å². The van der Waals surface area contributed by atoms with Crippen LogP contribution in [0.3, 0.4) is 0 Å². The second-order valence-electron chi connectivity index (χ2n) is 11.3. The summed E-state index contributed by atoms with van der Waals surface area (Å²) in [6.45, 7) is 4.15. The molecule has 0 spiro atoms. The summed E-state index contributed by atoms with van der Waals surface area (Å²) in [6.07, 6.45) is 0. The summed E-state index contributed by atoms with van der Waals surface area (Å²) in [5.41, 5.74) is 3.41. The van der Waals surface area contributed by atoms with E-state index in [2.05, 4.69) is 5.32 Å². The van der Waals surface area contributed by atoms with Crippen molar-refractivity contribution in [1.82, 2.24) is 24.8 Å². The molecule has 2 amide bonds. The lowest BCUT2D eigenvalue weighted by Crippen LogP contribution is -2.49. The Morgan fingerprint density at radius 2 is 1.46 bits per heavy atom. The van der Waals surface area contributed by atoms with Gasteiger partial charge in [-0.15, -0.1) is 0 Å². The van der Waals surface area contributed by atoms with Gasteiger partial charge in [-0.1, -0.05) is 30.3 Å². The third kappa shape index (κ3) is 6.37. The fourth-order valence-corrected chi connectivity index (χ4v) is 5.78. The Kier molecular flexibility index (Phi) is 9.24. The Morgan fingerprint density at radius 1 is 0.792 bits per heavy atom. The molecule has 1 fully saturated rings. The van der Waals surface area contributed by atoms with Gasteiger partial charge in [0.2, 0.25) is 11.7 Å². The highest BCUT2D eigenvalue weighted by Gasteiger charge is 2.26. The summed E-state index contributed by atoms with van der Waals surface area (Å²) in [5.74, 6) is 1.34. The monoisotopic (exact) mass is 648 g/mol. The van der Waals surface area contributed by atoms with Crippen molar-refractivity contribution in [2.45, 2.75) is 13.5 Å². The molecule has 12 nitrogen and oxygen atoms in total. The van der Waals surface area contributed by atoms with Gasteiger partial charge in [-0.25, -0.2) is 4.98 Å². The number of nitrogens with zero attached hydrogens (tertiary/aromatic N) is 5. The molecule has 1 aliphatic rings. The number of nitrogens with one attached hydrogen (secondary N) is 1. The molecule has 246 valence electrons. The van der Waals surface area contributed by atoms with E-state index < -0.39 is 0 Å². The van der Waals surface area contributed by atoms with Crippen LogP contribution in [0.2, 0.25) is 0 Å². The number of anilines is 1. The number of pyridine rings is 1. The standard InChI is InChI=1S/C36H36N6O6/c1-23-28-14-15-31(43)42(27-12-10-25(11-13-27)34(44)37-22-24-8-6-5-7-9-24)33(28)39-36(38-23)41-18-16-40(17-19-41)35(45)26-20-29(46-2)32(48-4)30(21-26)47-3/h5-15,20-21H,16-19,22H2,1-4H3,(H,37,44). The predicted molar refractivity (Wildman–Crippen MR) is 182 cm³/mol. The van der Waals surface area contributed by atoms with Crippen molar-refractivity contribution in [3.8, 4) is 22.9 Å². The number of hydrogen-bond donors (Lipinski definition) is 1. The molecule has 1 aliphatic heterocycles. The first-order valence-corrected chi connectivity index (χ1v) is 15.5. The number of carbonyl (C=O) groups is 2. The fourth-order valence-electron chi connectivity index (χ4n) is 5.78. The van der Waals surface area contributed by atoms with Gasteiger partial charge in [-0.05, 0) is 55.0 Å². The lowest BCUT2D eigenvalue weighted by molar-refractivity contribution is 0.0745. The lowest BCUT2D eigenvalue weighted by Gasteiger charge is -2.35. The first-order chi connectivity index (χ1) is 23.3. The van der Waals surface area contributed by atoms with Crippen molar-refractivity contribution in [3.05, 3.63) is 112 Å². The molecule has 0 bridgehead atoms. The Balaban J connectivity index is 1.21. The number of hydrogen-bond acceptors (Lipinski definition) is 9. The van der Waals surface area contributed by atoms with Gasteiger partial charge in [0.1, 0.15) is 0 Å². The minimum atomic E-state index is -0.256. The molecule has 0 saturated carbocycles. The van der Waals surface area contributed by atoms with Crippen LogP contribution in [0, 0.1) is 6.92 Å². The smallest absolute Gasteiger partial charge is 0.256 e. The lowest BCUT2D eigenvalue weighted by atomic mass is 10.1. The fraction of sp³-hybridized carbons (Fsp3) is 0.250. The third-order valence-electron chi connectivity index (χ3n) is 8.37. The maximum absolute atomic E-state index is 13.5. The molecule has 0 atom stereocenters. The molecule has 0 unspecified atom stereocenters. The molecule has 48 heavy (non-hydrogen) atoms. The maximum atomic E-state index is 13.5. The number of amides is 2. The largest absolute Gasteiger partial charge is 0.493 e. The van der Waals surface area contributed by atoms with Crippen molar-refractivity contribution >= 4 is 28.8 Å². The summed E-state index contributed by atoms with van der Waals surface area (Å²) in [6, 6.07) is 23.1. The molecule has 6 rings (SSSR count). The van der Waals surface area contributed by atoms with Gasteiger partial charge in [-0.2, -0.15) is 4.98 Å². The summed E-state index contributed by atoms with van der Waals surface area (Å²) >= 11 is 0. The second kappa shape index (κ2) is 13.8. The number of benzene rings is 3. The number of carbonyl (C=O) groups excluding carboxylic acids is 2. The van der Waals surface area contributed by atoms with E-state index >= 15 is 0 Å². The second-order valence-corrected chi connectivity index (χ2v) is 11.3. The van der Waals surface area contributed by atoms with E-state index in [0.717, 1.165) is 16.6 Å². The molecule has 1 saturated heterocycles.